The number of alkyl halides is 3. The number of likely N-dealkylation sites (N-methyl/N-ethyl adjacent to an activating group) is 1. The lowest BCUT2D eigenvalue weighted by atomic mass is 10.1. The van der Waals surface area contributed by atoms with Crippen molar-refractivity contribution in [3.8, 4) is 0 Å². The second-order valence-corrected chi connectivity index (χ2v) is 4.59. The van der Waals surface area contributed by atoms with Gasteiger partial charge in [0.25, 0.3) is 0 Å². The molecule has 1 amide bonds. The van der Waals surface area contributed by atoms with Gasteiger partial charge in [-0.25, -0.2) is 0 Å². The predicted molar refractivity (Wildman–Crippen MR) is 70.1 cm³/mol. The molecule has 0 radical (unpaired) electrons. The third-order valence-electron chi connectivity index (χ3n) is 3.10. The quantitative estimate of drug-likeness (QED) is 0.850. The number of nitrogens with zero attached hydrogens (tertiary/aromatic N) is 1. The molecule has 0 unspecified atom stereocenters. The number of hydrogen-bond acceptors (Lipinski definition) is 2. The highest BCUT2D eigenvalue weighted by atomic mass is 19.4. The Hall–Kier alpha value is -2.18. The Kier molecular flexibility index (Phi) is 3.61. The molecule has 0 bridgehead atoms. The molecule has 108 valence electrons. The number of anilines is 1. The van der Waals surface area contributed by atoms with E-state index in [1.54, 1.807) is 24.4 Å². The first-order valence-corrected chi connectivity index (χ1v) is 5.97. The lowest BCUT2D eigenvalue weighted by Crippen LogP contribution is -2.39. The number of H-pyrrole nitrogens is 1. The highest BCUT2D eigenvalue weighted by molar-refractivity contribution is 5.86. The number of halogens is 3. The maximum atomic E-state index is 12.3. The van der Waals surface area contributed by atoms with E-state index in [1.165, 1.54) is 0 Å². The molecule has 3 N–H and O–H groups in total. The molecule has 4 nitrogen and oxygen atoms in total. The Bertz CT molecular complexity index is 633. The second kappa shape index (κ2) is 5.07. The fraction of sp³-hybridized carbons (Fsp3) is 0.308. The van der Waals surface area contributed by atoms with Gasteiger partial charge in [-0.1, -0.05) is 0 Å². The molecule has 2 rings (SSSR count). The Balaban J connectivity index is 2.10. The van der Waals surface area contributed by atoms with E-state index < -0.39 is 12.1 Å². The van der Waals surface area contributed by atoms with Gasteiger partial charge in [-0.05, 0) is 30.2 Å². The van der Waals surface area contributed by atoms with Crippen LogP contribution < -0.4 is 5.73 Å². The van der Waals surface area contributed by atoms with Crippen LogP contribution in [0, 0.1) is 0 Å². The smallest absolute Gasteiger partial charge is 0.399 e. The van der Waals surface area contributed by atoms with Gasteiger partial charge >= 0.3 is 12.1 Å². The van der Waals surface area contributed by atoms with Gasteiger partial charge in [0.05, 0.1) is 0 Å². The average Bonchev–Trinajstić information content (AvgIpc) is 2.76. The number of aromatic amines is 1. The van der Waals surface area contributed by atoms with Crippen LogP contribution in [-0.4, -0.2) is 35.6 Å². The minimum atomic E-state index is -4.83. The largest absolute Gasteiger partial charge is 0.471 e. The van der Waals surface area contributed by atoms with Gasteiger partial charge in [-0.2, -0.15) is 13.2 Å². The Morgan fingerprint density at radius 1 is 1.40 bits per heavy atom. The van der Waals surface area contributed by atoms with Crippen LogP contribution in [0.3, 0.4) is 0 Å². The Labute approximate surface area is 113 Å². The minimum Gasteiger partial charge on any atom is -0.399 e. The number of nitrogen functional groups attached to an aromatic ring is 1. The zero-order valence-corrected chi connectivity index (χ0v) is 10.8. The molecule has 1 aromatic heterocycles. The molecule has 0 aliphatic heterocycles. The molecular weight excluding hydrogens is 271 g/mol. The fourth-order valence-electron chi connectivity index (χ4n) is 2.01. The highest BCUT2D eigenvalue weighted by Crippen LogP contribution is 2.22. The maximum absolute atomic E-state index is 12.3. The summed E-state index contributed by atoms with van der Waals surface area (Å²) in [6.07, 6.45) is -2.79. The molecule has 0 aliphatic carbocycles. The molecular formula is C13H14F3N3O. The molecule has 0 saturated carbocycles. The highest BCUT2D eigenvalue weighted by Gasteiger charge is 2.40. The summed E-state index contributed by atoms with van der Waals surface area (Å²) in [5.41, 5.74) is 7.96. The molecule has 7 heteroatoms. The van der Waals surface area contributed by atoms with Gasteiger partial charge in [0.2, 0.25) is 0 Å². The van der Waals surface area contributed by atoms with E-state index in [4.69, 9.17) is 5.73 Å². The lowest BCUT2D eigenvalue weighted by molar-refractivity contribution is -0.184. The van der Waals surface area contributed by atoms with E-state index in [0.717, 1.165) is 23.5 Å². The number of carbonyl (C=O) groups excluding carboxylic acids is 1. The van der Waals surface area contributed by atoms with Crippen molar-refractivity contribution in [3.05, 3.63) is 30.0 Å². The molecule has 1 aromatic carbocycles. The molecule has 1 heterocycles. The molecule has 20 heavy (non-hydrogen) atoms. The molecule has 0 spiro atoms. The maximum Gasteiger partial charge on any atom is 0.471 e. The summed E-state index contributed by atoms with van der Waals surface area (Å²) in [5, 5.41) is 0.859. The van der Waals surface area contributed by atoms with Gasteiger partial charge in [0.15, 0.2) is 0 Å². The van der Waals surface area contributed by atoms with Crippen molar-refractivity contribution in [3.63, 3.8) is 0 Å². The first kappa shape index (κ1) is 14.2. The number of aromatic nitrogens is 1. The standard InChI is InChI=1S/C13H14F3N3O/c1-19(12(20)13(14,15)16)5-4-8-7-18-11-3-2-9(17)6-10(8)11/h2-3,6-7,18H,4-5,17H2,1H3. The number of amides is 1. The Morgan fingerprint density at radius 2 is 2.10 bits per heavy atom. The van der Waals surface area contributed by atoms with E-state index in [0.29, 0.717) is 17.0 Å². The molecule has 0 atom stereocenters. The summed E-state index contributed by atoms with van der Waals surface area (Å²) in [7, 11) is 1.14. The summed E-state index contributed by atoms with van der Waals surface area (Å²) in [6.45, 7) is -0.0138. The first-order valence-electron chi connectivity index (χ1n) is 5.97. The van der Waals surface area contributed by atoms with Crippen molar-refractivity contribution in [2.24, 2.45) is 0 Å². The van der Waals surface area contributed by atoms with Gasteiger partial charge in [-0.15, -0.1) is 0 Å². The van der Waals surface area contributed by atoms with Crippen LogP contribution in [-0.2, 0) is 11.2 Å². The SMILES string of the molecule is CN(CCc1c[nH]c2ccc(N)cc12)C(=O)C(F)(F)F. The number of nitrogens with two attached hydrogens (primary N) is 1. The number of rotatable bonds is 3. The van der Waals surface area contributed by atoms with Crippen LogP contribution in [0.1, 0.15) is 5.56 Å². The summed E-state index contributed by atoms with van der Waals surface area (Å²) in [5.74, 6) is -1.84. The van der Waals surface area contributed by atoms with Crippen molar-refractivity contribution in [2.45, 2.75) is 12.6 Å². The van der Waals surface area contributed by atoms with Crippen LogP contribution in [0.2, 0.25) is 0 Å². The number of benzene rings is 1. The third kappa shape index (κ3) is 2.87. The number of fused-ring (bicyclic) bond motifs is 1. The summed E-state index contributed by atoms with van der Waals surface area (Å²) >= 11 is 0. The van der Waals surface area contributed by atoms with Crippen molar-refractivity contribution in [2.75, 3.05) is 19.3 Å². The zero-order chi connectivity index (χ0) is 14.9. The van der Waals surface area contributed by atoms with Crippen molar-refractivity contribution >= 4 is 22.5 Å². The van der Waals surface area contributed by atoms with Crippen molar-refractivity contribution in [1.29, 1.82) is 0 Å². The van der Waals surface area contributed by atoms with Crippen LogP contribution in [0.5, 0.6) is 0 Å². The summed E-state index contributed by atoms with van der Waals surface area (Å²) in [6, 6.07) is 5.30. The Morgan fingerprint density at radius 3 is 2.75 bits per heavy atom. The number of nitrogens with one attached hydrogen (secondary N) is 1. The van der Waals surface area contributed by atoms with Gasteiger partial charge in [0, 0.05) is 36.4 Å². The predicted octanol–water partition coefficient (Wildman–Crippen LogP) is 2.31. The zero-order valence-electron chi connectivity index (χ0n) is 10.8. The average molecular weight is 285 g/mol. The summed E-state index contributed by atoms with van der Waals surface area (Å²) in [4.78, 5) is 14.7. The van der Waals surface area contributed by atoms with E-state index >= 15 is 0 Å². The first-order chi connectivity index (χ1) is 9.29. The minimum absolute atomic E-state index is 0.0138. The van der Waals surface area contributed by atoms with E-state index in [2.05, 4.69) is 4.98 Å². The van der Waals surface area contributed by atoms with Crippen LogP contribution in [0.4, 0.5) is 18.9 Å². The molecule has 0 saturated heterocycles. The van der Waals surface area contributed by atoms with Crippen molar-refractivity contribution < 1.29 is 18.0 Å². The second-order valence-electron chi connectivity index (χ2n) is 4.59. The van der Waals surface area contributed by atoms with E-state index in [-0.39, 0.29) is 6.54 Å². The molecule has 2 aromatic rings. The molecule has 0 fully saturated rings. The van der Waals surface area contributed by atoms with Crippen LogP contribution in [0.25, 0.3) is 10.9 Å². The lowest BCUT2D eigenvalue weighted by Gasteiger charge is -2.18. The van der Waals surface area contributed by atoms with E-state index in [1.807, 2.05) is 0 Å². The topological polar surface area (TPSA) is 62.1 Å². The number of carbonyl (C=O) groups is 1. The summed E-state index contributed by atoms with van der Waals surface area (Å²) < 4.78 is 36.8. The van der Waals surface area contributed by atoms with Crippen molar-refractivity contribution in [1.82, 2.24) is 9.88 Å². The van der Waals surface area contributed by atoms with Gasteiger partial charge < -0.3 is 15.6 Å². The molecule has 0 aliphatic rings. The van der Waals surface area contributed by atoms with Gasteiger partial charge in [0.1, 0.15) is 0 Å². The van der Waals surface area contributed by atoms with Crippen LogP contribution >= 0.6 is 0 Å². The monoisotopic (exact) mass is 285 g/mol. The number of hydrogen-bond donors (Lipinski definition) is 2. The van der Waals surface area contributed by atoms with E-state index in [9.17, 15) is 18.0 Å². The van der Waals surface area contributed by atoms with Gasteiger partial charge in [-0.3, -0.25) is 4.79 Å². The van der Waals surface area contributed by atoms with Crippen LogP contribution in [0.15, 0.2) is 24.4 Å². The third-order valence-corrected chi connectivity index (χ3v) is 3.10. The normalized spacial score (nSPS) is 11.8. The fourth-order valence-corrected chi connectivity index (χ4v) is 2.01.